The number of nitrogens with zero attached hydrogens (tertiary/aromatic N) is 3. The first-order chi connectivity index (χ1) is 8.86. The van der Waals surface area contributed by atoms with E-state index in [1.807, 2.05) is 43.3 Å². The van der Waals surface area contributed by atoms with Crippen molar-refractivity contribution in [2.75, 3.05) is 0 Å². The van der Waals surface area contributed by atoms with Crippen LogP contribution in [0.5, 0.6) is 0 Å². The van der Waals surface area contributed by atoms with Gasteiger partial charge >= 0.3 is 0 Å². The average molecular weight is 236 g/mol. The molecule has 4 nitrogen and oxygen atoms in total. The first-order valence-electron chi connectivity index (χ1n) is 5.74. The summed E-state index contributed by atoms with van der Waals surface area (Å²) in [4.78, 5) is 8.64. The third-order valence-corrected chi connectivity index (χ3v) is 2.84. The zero-order valence-corrected chi connectivity index (χ0v) is 9.96. The first-order valence-corrected chi connectivity index (χ1v) is 5.74. The fourth-order valence-corrected chi connectivity index (χ4v) is 1.91. The third kappa shape index (κ3) is 1.78. The fraction of sp³-hybridized carbons (Fsp3) is 0.0714. The van der Waals surface area contributed by atoms with Crippen molar-refractivity contribution in [1.82, 2.24) is 20.2 Å². The van der Waals surface area contributed by atoms with Crippen molar-refractivity contribution in [3.8, 4) is 22.8 Å². The summed E-state index contributed by atoms with van der Waals surface area (Å²) in [6.45, 7) is 2.03. The molecule has 0 aliphatic carbocycles. The van der Waals surface area contributed by atoms with Crippen LogP contribution in [0.15, 0.2) is 48.8 Å². The molecule has 18 heavy (non-hydrogen) atoms. The topological polar surface area (TPSA) is 54.5 Å². The number of rotatable bonds is 2. The predicted molar refractivity (Wildman–Crippen MR) is 69.8 cm³/mol. The van der Waals surface area contributed by atoms with E-state index in [2.05, 4.69) is 20.2 Å². The SMILES string of the molecule is Cc1c(-c2ccccn2)n[nH]c1-c1ccccn1. The monoisotopic (exact) mass is 236 g/mol. The van der Waals surface area contributed by atoms with E-state index in [1.54, 1.807) is 12.4 Å². The fourth-order valence-electron chi connectivity index (χ4n) is 1.91. The van der Waals surface area contributed by atoms with E-state index in [0.29, 0.717) is 0 Å². The van der Waals surface area contributed by atoms with Gasteiger partial charge in [0.2, 0.25) is 0 Å². The van der Waals surface area contributed by atoms with Crippen LogP contribution in [0.4, 0.5) is 0 Å². The standard InChI is InChI=1S/C14H12N4/c1-10-13(11-6-2-4-8-15-11)17-18-14(10)12-7-3-5-9-16-12/h2-9H,1H3,(H,17,18). The lowest BCUT2D eigenvalue weighted by atomic mass is 10.1. The molecule has 0 aliphatic heterocycles. The van der Waals surface area contributed by atoms with Crippen molar-refractivity contribution in [2.24, 2.45) is 0 Å². The normalized spacial score (nSPS) is 10.5. The predicted octanol–water partition coefficient (Wildman–Crippen LogP) is 2.84. The smallest absolute Gasteiger partial charge is 0.114 e. The van der Waals surface area contributed by atoms with Gasteiger partial charge in [0, 0.05) is 18.0 Å². The molecule has 1 N–H and O–H groups in total. The van der Waals surface area contributed by atoms with Crippen LogP contribution in [0.2, 0.25) is 0 Å². The zero-order chi connectivity index (χ0) is 12.4. The van der Waals surface area contributed by atoms with Crippen LogP contribution in [0.25, 0.3) is 22.8 Å². The Bertz CT molecular complexity index is 587. The van der Waals surface area contributed by atoms with Crippen molar-refractivity contribution < 1.29 is 0 Å². The highest BCUT2D eigenvalue weighted by atomic mass is 15.1. The van der Waals surface area contributed by atoms with E-state index in [-0.39, 0.29) is 0 Å². The van der Waals surface area contributed by atoms with Gasteiger partial charge in [0.1, 0.15) is 5.69 Å². The number of aromatic amines is 1. The molecule has 0 atom stereocenters. The van der Waals surface area contributed by atoms with Gasteiger partial charge in [0.05, 0.1) is 17.1 Å². The van der Waals surface area contributed by atoms with Gasteiger partial charge in [-0.3, -0.25) is 15.1 Å². The Kier molecular flexibility index (Phi) is 2.61. The lowest BCUT2D eigenvalue weighted by Gasteiger charge is -1.99. The summed E-state index contributed by atoms with van der Waals surface area (Å²) in [5, 5.41) is 7.37. The molecular weight excluding hydrogens is 224 g/mol. The van der Waals surface area contributed by atoms with Crippen LogP contribution in [0, 0.1) is 6.92 Å². The molecule has 4 heteroatoms. The summed E-state index contributed by atoms with van der Waals surface area (Å²) in [5.74, 6) is 0. The number of aromatic nitrogens is 4. The summed E-state index contributed by atoms with van der Waals surface area (Å²) in [6.07, 6.45) is 3.54. The molecule has 3 heterocycles. The maximum absolute atomic E-state index is 4.33. The Morgan fingerprint density at radius 2 is 1.56 bits per heavy atom. The second-order valence-electron chi connectivity index (χ2n) is 4.00. The molecule has 0 bridgehead atoms. The third-order valence-electron chi connectivity index (χ3n) is 2.84. The highest BCUT2D eigenvalue weighted by Gasteiger charge is 2.13. The second-order valence-corrected chi connectivity index (χ2v) is 4.00. The lowest BCUT2D eigenvalue weighted by Crippen LogP contribution is -1.86. The van der Waals surface area contributed by atoms with Gasteiger partial charge in [-0.25, -0.2) is 0 Å². The summed E-state index contributed by atoms with van der Waals surface area (Å²) in [7, 11) is 0. The number of hydrogen-bond acceptors (Lipinski definition) is 3. The van der Waals surface area contributed by atoms with E-state index in [9.17, 15) is 0 Å². The van der Waals surface area contributed by atoms with E-state index >= 15 is 0 Å². The zero-order valence-electron chi connectivity index (χ0n) is 9.96. The average Bonchev–Trinajstić information content (AvgIpc) is 2.83. The van der Waals surface area contributed by atoms with E-state index in [0.717, 1.165) is 28.3 Å². The summed E-state index contributed by atoms with van der Waals surface area (Å²) in [6, 6.07) is 11.6. The van der Waals surface area contributed by atoms with Gasteiger partial charge in [-0.15, -0.1) is 0 Å². The minimum Gasteiger partial charge on any atom is -0.275 e. The minimum atomic E-state index is 0.869. The highest BCUT2D eigenvalue weighted by Crippen LogP contribution is 2.26. The molecule has 0 saturated carbocycles. The number of pyridine rings is 2. The molecule has 3 aromatic heterocycles. The quantitative estimate of drug-likeness (QED) is 0.744. The maximum Gasteiger partial charge on any atom is 0.114 e. The van der Waals surface area contributed by atoms with Gasteiger partial charge in [0.15, 0.2) is 0 Å². The molecule has 3 aromatic rings. The summed E-state index contributed by atoms with van der Waals surface area (Å²) < 4.78 is 0. The lowest BCUT2D eigenvalue weighted by molar-refractivity contribution is 1.08. The van der Waals surface area contributed by atoms with Crippen molar-refractivity contribution in [1.29, 1.82) is 0 Å². The first kappa shape index (κ1) is 10.7. The Labute approximate surface area is 105 Å². The molecule has 3 rings (SSSR count). The van der Waals surface area contributed by atoms with Gasteiger partial charge < -0.3 is 0 Å². The van der Waals surface area contributed by atoms with Gasteiger partial charge in [-0.1, -0.05) is 12.1 Å². The molecule has 0 saturated heterocycles. The van der Waals surface area contributed by atoms with Crippen LogP contribution in [-0.4, -0.2) is 20.2 Å². The van der Waals surface area contributed by atoms with Crippen molar-refractivity contribution in [3.63, 3.8) is 0 Å². The van der Waals surface area contributed by atoms with Crippen molar-refractivity contribution >= 4 is 0 Å². The molecule has 0 amide bonds. The van der Waals surface area contributed by atoms with E-state index in [1.165, 1.54) is 0 Å². The van der Waals surface area contributed by atoms with Crippen LogP contribution in [0.3, 0.4) is 0 Å². The molecule has 0 aromatic carbocycles. The van der Waals surface area contributed by atoms with Crippen molar-refractivity contribution in [3.05, 3.63) is 54.4 Å². The molecule has 0 aliphatic rings. The molecule has 0 unspecified atom stereocenters. The molecule has 0 radical (unpaired) electrons. The molecule has 0 fully saturated rings. The van der Waals surface area contributed by atoms with Gasteiger partial charge in [-0.2, -0.15) is 5.10 Å². The Balaban J connectivity index is 2.09. The number of H-pyrrole nitrogens is 1. The Morgan fingerprint density at radius 1 is 0.889 bits per heavy atom. The van der Waals surface area contributed by atoms with Gasteiger partial charge in [-0.05, 0) is 31.2 Å². The largest absolute Gasteiger partial charge is 0.275 e. The molecule has 88 valence electrons. The Hall–Kier alpha value is -2.49. The highest BCUT2D eigenvalue weighted by molar-refractivity contribution is 5.69. The number of nitrogens with one attached hydrogen (secondary N) is 1. The van der Waals surface area contributed by atoms with E-state index < -0.39 is 0 Å². The van der Waals surface area contributed by atoms with Crippen molar-refractivity contribution in [2.45, 2.75) is 6.92 Å². The van der Waals surface area contributed by atoms with Gasteiger partial charge in [0.25, 0.3) is 0 Å². The Morgan fingerprint density at radius 3 is 2.17 bits per heavy atom. The van der Waals surface area contributed by atoms with Crippen LogP contribution in [0.1, 0.15) is 5.56 Å². The molecule has 0 spiro atoms. The summed E-state index contributed by atoms with van der Waals surface area (Å²) in [5.41, 5.74) is 4.64. The minimum absolute atomic E-state index is 0.869. The second kappa shape index (κ2) is 4.41. The maximum atomic E-state index is 4.33. The molecular formula is C14H12N4. The number of hydrogen-bond donors (Lipinski definition) is 1. The summed E-state index contributed by atoms with van der Waals surface area (Å²) >= 11 is 0. The van der Waals surface area contributed by atoms with E-state index in [4.69, 9.17) is 0 Å². The van der Waals surface area contributed by atoms with Crippen LogP contribution in [-0.2, 0) is 0 Å². The van der Waals surface area contributed by atoms with Crippen LogP contribution < -0.4 is 0 Å². The van der Waals surface area contributed by atoms with Crippen LogP contribution >= 0.6 is 0 Å².